The summed E-state index contributed by atoms with van der Waals surface area (Å²) in [6.45, 7) is 2.92. The summed E-state index contributed by atoms with van der Waals surface area (Å²) >= 11 is 6.00. The molecule has 0 fully saturated rings. The Hall–Kier alpha value is -3.05. The van der Waals surface area contributed by atoms with Crippen molar-refractivity contribution < 1.29 is 4.74 Å². The zero-order valence-corrected chi connectivity index (χ0v) is 16.4. The fourth-order valence-corrected chi connectivity index (χ4v) is 3.33. The molecular formula is C22H21ClN4O. The first-order chi connectivity index (χ1) is 13.6. The number of nitrogens with two attached hydrogens (primary N) is 1. The van der Waals surface area contributed by atoms with Crippen molar-refractivity contribution in [3.8, 4) is 5.75 Å². The molecule has 0 aliphatic rings. The molecule has 0 bridgehead atoms. The van der Waals surface area contributed by atoms with Gasteiger partial charge in [-0.3, -0.25) is 4.98 Å². The van der Waals surface area contributed by atoms with Crippen LogP contribution in [0.15, 0.2) is 60.7 Å². The number of pyridine rings is 1. The Balaban J connectivity index is 1.67. The van der Waals surface area contributed by atoms with E-state index in [4.69, 9.17) is 27.1 Å². The van der Waals surface area contributed by atoms with E-state index < -0.39 is 0 Å². The normalized spacial score (nSPS) is 11.1. The quantitative estimate of drug-likeness (QED) is 0.483. The second kappa shape index (κ2) is 7.90. The van der Waals surface area contributed by atoms with E-state index in [0.717, 1.165) is 39.3 Å². The minimum Gasteiger partial charge on any atom is -0.487 e. The van der Waals surface area contributed by atoms with E-state index in [1.165, 1.54) is 0 Å². The van der Waals surface area contributed by atoms with Gasteiger partial charge in [-0.2, -0.15) is 0 Å². The molecule has 4 aromatic rings. The number of benzene rings is 2. The van der Waals surface area contributed by atoms with Crippen LogP contribution in [-0.2, 0) is 19.0 Å². The van der Waals surface area contributed by atoms with Crippen molar-refractivity contribution in [2.24, 2.45) is 0 Å². The Morgan fingerprint density at radius 3 is 2.61 bits per heavy atom. The predicted molar refractivity (Wildman–Crippen MR) is 113 cm³/mol. The largest absolute Gasteiger partial charge is 0.487 e. The lowest BCUT2D eigenvalue weighted by atomic mass is 10.2. The summed E-state index contributed by atoms with van der Waals surface area (Å²) in [6.07, 6.45) is 0. The Morgan fingerprint density at radius 1 is 1.00 bits per heavy atom. The highest BCUT2D eigenvalue weighted by molar-refractivity contribution is 6.17. The minimum absolute atomic E-state index is 0.440. The molecule has 0 spiro atoms. The van der Waals surface area contributed by atoms with Crippen LogP contribution in [0.2, 0.25) is 0 Å². The molecule has 6 heteroatoms. The third-order valence-corrected chi connectivity index (χ3v) is 4.92. The number of nitrogens with zero attached hydrogens (tertiary/aromatic N) is 3. The van der Waals surface area contributed by atoms with Crippen LogP contribution in [0.4, 0.5) is 5.95 Å². The monoisotopic (exact) mass is 392 g/mol. The number of fused-ring (bicyclic) bond motifs is 1. The van der Waals surface area contributed by atoms with E-state index in [-0.39, 0.29) is 0 Å². The van der Waals surface area contributed by atoms with E-state index in [0.29, 0.717) is 25.0 Å². The number of imidazole rings is 1. The maximum Gasteiger partial charge on any atom is 0.201 e. The molecule has 28 heavy (non-hydrogen) atoms. The van der Waals surface area contributed by atoms with Crippen LogP contribution in [0.25, 0.3) is 11.0 Å². The number of nitrogen functional groups attached to an aromatic ring is 1. The zero-order chi connectivity index (χ0) is 19.5. The van der Waals surface area contributed by atoms with E-state index in [9.17, 15) is 0 Å². The first-order valence-corrected chi connectivity index (χ1v) is 9.61. The van der Waals surface area contributed by atoms with Gasteiger partial charge in [0.2, 0.25) is 5.95 Å². The molecule has 0 radical (unpaired) electrons. The van der Waals surface area contributed by atoms with Crippen LogP contribution in [0.5, 0.6) is 5.75 Å². The van der Waals surface area contributed by atoms with Crippen LogP contribution in [0, 0.1) is 6.92 Å². The highest BCUT2D eigenvalue weighted by Crippen LogP contribution is 2.25. The number of rotatable bonds is 6. The number of anilines is 1. The van der Waals surface area contributed by atoms with Gasteiger partial charge in [0.15, 0.2) is 0 Å². The molecular weight excluding hydrogens is 372 g/mol. The van der Waals surface area contributed by atoms with Gasteiger partial charge in [-0.15, -0.1) is 11.6 Å². The molecule has 142 valence electrons. The molecule has 0 unspecified atom stereocenters. The standard InChI is InChI=1S/C22H21ClN4O/c1-15-7-10-21(28-14-16-5-3-2-4-6-16)19(25-15)13-27-20-11-17(12-23)8-9-18(20)26-22(27)24/h2-11H,12-14H2,1H3,(H2,24,26). The number of aromatic nitrogens is 3. The maximum atomic E-state index is 6.20. The predicted octanol–water partition coefficient (Wildman–Crippen LogP) is 4.69. The summed E-state index contributed by atoms with van der Waals surface area (Å²) < 4.78 is 8.01. The Bertz CT molecular complexity index is 1110. The average Bonchev–Trinajstić information content (AvgIpc) is 3.02. The molecule has 0 saturated heterocycles. The number of ether oxygens (including phenoxy) is 1. The first-order valence-electron chi connectivity index (χ1n) is 9.08. The minimum atomic E-state index is 0.440. The van der Waals surface area contributed by atoms with Crippen molar-refractivity contribution >= 4 is 28.6 Å². The second-order valence-corrected chi connectivity index (χ2v) is 6.95. The molecule has 0 atom stereocenters. The van der Waals surface area contributed by atoms with Crippen LogP contribution in [0.1, 0.15) is 22.5 Å². The highest BCUT2D eigenvalue weighted by atomic mass is 35.5. The summed E-state index contributed by atoms with van der Waals surface area (Å²) in [4.78, 5) is 9.15. The summed E-state index contributed by atoms with van der Waals surface area (Å²) in [7, 11) is 0. The lowest BCUT2D eigenvalue weighted by Crippen LogP contribution is -2.09. The van der Waals surface area contributed by atoms with Crippen molar-refractivity contribution in [3.05, 3.63) is 83.2 Å². The second-order valence-electron chi connectivity index (χ2n) is 6.68. The van der Waals surface area contributed by atoms with Crippen molar-refractivity contribution in [2.45, 2.75) is 26.0 Å². The molecule has 0 aliphatic carbocycles. The van der Waals surface area contributed by atoms with Crippen molar-refractivity contribution in [1.29, 1.82) is 0 Å². The van der Waals surface area contributed by atoms with Gasteiger partial charge in [0.05, 0.1) is 17.6 Å². The number of halogens is 1. The number of hydrogen-bond donors (Lipinski definition) is 1. The number of alkyl halides is 1. The lowest BCUT2D eigenvalue weighted by Gasteiger charge is -2.13. The van der Waals surface area contributed by atoms with Gasteiger partial charge in [0, 0.05) is 11.6 Å². The van der Waals surface area contributed by atoms with Gasteiger partial charge in [-0.25, -0.2) is 4.98 Å². The SMILES string of the molecule is Cc1ccc(OCc2ccccc2)c(Cn2c(N)nc3ccc(CCl)cc32)n1. The number of aryl methyl sites for hydroxylation is 1. The lowest BCUT2D eigenvalue weighted by molar-refractivity contribution is 0.300. The molecule has 2 aromatic heterocycles. The topological polar surface area (TPSA) is 66.0 Å². The first kappa shape index (κ1) is 18.3. The van der Waals surface area contributed by atoms with Crippen LogP contribution < -0.4 is 10.5 Å². The Kier molecular flexibility index (Phi) is 5.17. The Labute approximate surface area is 168 Å². The third kappa shape index (κ3) is 3.80. The van der Waals surface area contributed by atoms with Crippen LogP contribution in [0.3, 0.4) is 0 Å². The number of hydrogen-bond acceptors (Lipinski definition) is 4. The summed E-state index contributed by atoms with van der Waals surface area (Å²) in [5, 5.41) is 0. The van der Waals surface area contributed by atoms with E-state index in [1.807, 2.05) is 72.2 Å². The third-order valence-electron chi connectivity index (χ3n) is 4.61. The van der Waals surface area contributed by atoms with Gasteiger partial charge in [-0.1, -0.05) is 36.4 Å². The summed E-state index contributed by atoms with van der Waals surface area (Å²) in [5.74, 6) is 1.62. The van der Waals surface area contributed by atoms with Gasteiger partial charge in [0.25, 0.3) is 0 Å². The summed E-state index contributed by atoms with van der Waals surface area (Å²) in [5.41, 5.74) is 11.8. The molecule has 0 saturated carbocycles. The molecule has 5 nitrogen and oxygen atoms in total. The van der Waals surface area contributed by atoms with Crippen molar-refractivity contribution in [3.63, 3.8) is 0 Å². The van der Waals surface area contributed by atoms with E-state index in [1.54, 1.807) is 0 Å². The zero-order valence-electron chi connectivity index (χ0n) is 15.6. The van der Waals surface area contributed by atoms with Crippen LogP contribution >= 0.6 is 11.6 Å². The van der Waals surface area contributed by atoms with Gasteiger partial charge < -0.3 is 15.0 Å². The molecule has 2 N–H and O–H groups in total. The maximum absolute atomic E-state index is 6.20. The van der Waals surface area contributed by atoms with Gasteiger partial charge >= 0.3 is 0 Å². The average molecular weight is 393 g/mol. The van der Waals surface area contributed by atoms with Crippen molar-refractivity contribution in [2.75, 3.05) is 5.73 Å². The molecule has 0 amide bonds. The molecule has 2 heterocycles. The molecule has 2 aromatic carbocycles. The fourth-order valence-electron chi connectivity index (χ4n) is 3.16. The smallest absolute Gasteiger partial charge is 0.201 e. The highest BCUT2D eigenvalue weighted by Gasteiger charge is 2.14. The molecule has 4 rings (SSSR count). The van der Waals surface area contributed by atoms with E-state index >= 15 is 0 Å². The Morgan fingerprint density at radius 2 is 1.82 bits per heavy atom. The van der Waals surface area contributed by atoms with Crippen LogP contribution in [-0.4, -0.2) is 14.5 Å². The van der Waals surface area contributed by atoms with Gasteiger partial charge in [0.1, 0.15) is 18.1 Å². The summed E-state index contributed by atoms with van der Waals surface area (Å²) in [6, 6.07) is 19.9. The van der Waals surface area contributed by atoms with Crippen molar-refractivity contribution in [1.82, 2.24) is 14.5 Å². The fraction of sp³-hybridized carbons (Fsp3) is 0.182. The van der Waals surface area contributed by atoms with E-state index in [2.05, 4.69) is 4.98 Å². The molecule has 0 aliphatic heterocycles. The van der Waals surface area contributed by atoms with Gasteiger partial charge in [-0.05, 0) is 42.3 Å².